The number of nitrogens with zero attached hydrogens (tertiary/aromatic N) is 3. The van der Waals surface area contributed by atoms with Gasteiger partial charge in [0, 0.05) is 17.3 Å². The van der Waals surface area contributed by atoms with E-state index in [1.807, 2.05) is 60.8 Å². The summed E-state index contributed by atoms with van der Waals surface area (Å²) in [7, 11) is 0. The van der Waals surface area contributed by atoms with Gasteiger partial charge in [0.15, 0.2) is 0 Å². The molecule has 1 saturated heterocycles. The van der Waals surface area contributed by atoms with E-state index in [-0.39, 0.29) is 4.32 Å². The van der Waals surface area contributed by atoms with Gasteiger partial charge in [-0.05, 0) is 36.8 Å². The molecule has 2 aromatic carbocycles. The highest BCUT2D eigenvalue weighted by Gasteiger charge is 2.32. The van der Waals surface area contributed by atoms with E-state index in [2.05, 4.69) is 6.92 Å². The molecule has 34 heavy (non-hydrogen) atoms. The summed E-state index contributed by atoms with van der Waals surface area (Å²) in [5.74, 6) is -1.09. The third-order valence-corrected chi connectivity index (χ3v) is 6.46. The zero-order valence-corrected chi connectivity index (χ0v) is 20.1. The van der Waals surface area contributed by atoms with E-state index in [0.29, 0.717) is 22.8 Å². The molecule has 3 aromatic rings. The second kappa shape index (κ2) is 10.7. The van der Waals surface area contributed by atoms with Crippen LogP contribution in [0, 0.1) is 0 Å². The fourth-order valence-electron chi connectivity index (χ4n) is 3.40. The molecule has 0 atom stereocenters. The number of unbranched alkanes of at least 4 members (excludes halogenated alkanes) is 1. The fraction of sp³-hybridized carbons (Fsp3) is 0.200. The summed E-state index contributed by atoms with van der Waals surface area (Å²) in [5.41, 5.74) is 3.06. The molecule has 7 nitrogen and oxygen atoms in total. The summed E-state index contributed by atoms with van der Waals surface area (Å²) < 4.78 is 7.79. The molecule has 1 amide bonds. The maximum absolute atomic E-state index is 12.8. The first kappa shape index (κ1) is 23.7. The number of amides is 1. The fourth-order valence-corrected chi connectivity index (χ4v) is 4.65. The predicted octanol–water partition coefficient (Wildman–Crippen LogP) is 3.67. The third-order valence-electron chi connectivity index (χ3n) is 5.08. The predicted molar refractivity (Wildman–Crippen MR) is 134 cm³/mol. The summed E-state index contributed by atoms with van der Waals surface area (Å²) >= 11 is 6.26. The monoisotopic (exact) mass is 492 g/mol. The number of carboxylic acid groups (broad SMARTS) is 1. The van der Waals surface area contributed by atoms with E-state index >= 15 is 0 Å². The molecule has 0 saturated carbocycles. The minimum atomic E-state index is -1.37. The minimum Gasteiger partial charge on any atom is -0.548 e. The van der Waals surface area contributed by atoms with Crippen molar-refractivity contribution in [3.8, 4) is 22.7 Å². The molecule has 0 bridgehead atoms. The van der Waals surface area contributed by atoms with Gasteiger partial charge in [-0.3, -0.25) is 9.69 Å². The second-order valence-electron chi connectivity index (χ2n) is 7.58. The minimum absolute atomic E-state index is 0.184. The molecule has 0 N–H and O–H groups in total. The van der Waals surface area contributed by atoms with Gasteiger partial charge in [-0.1, -0.05) is 67.7 Å². The van der Waals surface area contributed by atoms with Crippen molar-refractivity contribution in [2.24, 2.45) is 0 Å². The average Bonchev–Trinajstić information content (AvgIpc) is 3.36. The van der Waals surface area contributed by atoms with E-state index in [1.54, 1.807) is 10.8 Å². The SMILES string of the molecule is CCCCOc1cccc(-c2nn(-c3ccccc3)cc2/C=C2\SC(=S)N(CC(=O)[O-])C2=O)c1. The van der Waals surface area contributed by atoms with Crippen LogP contribution in [0.25, 0.3) is 23.0 Å². The Morgan fingerprint density at radius 1 is 1.21 bits per heavy atom. The smallest absolute Gasteiger partial charge is 0.266 e. The molecule has 1 aliphatic heterocycles. The summed E-state index contributed by atoms with van der Waals surface area (Å²) in [6, 6.07) is 17.3. The summed E-state index contributed by atoms with van der Waals surface area (Å²) in [6.07, 6.45) is 5.54. The van der Waals surface area contributed by atoms with Crippen LogP contribution in [0.1, 0.15) is 25.3 Å². The number of aliphatic carboxylic acids is 1. The lowest BCUT2D eigenvalue weighted by atomic mass is 10.1. The molecule has 2 heterocycles. The van der Waals surface area contributed by atoms with E-state index < -0.39 is 18.4 Å². The molecule has 9 heteroatoms. The number of hydrogen-bond donors (Lipinski definition) is 0. The van der Waals surface area contributed by atoms with Crippen molar-refractivity contribution >= 4 is 46.3 Å². The number of para-hydroxylation sites is 1. The molecule has 0 radical (unpaired) electrons. The summed E-state index contributed by atoms with van der Waals surface area (Å²) in [5, 5.41) is 15.8. The van der Waals surface area contributed by atoms with Gasteiger partial charge in [-0.15, -0.1) is 0 Å². The van der Waals surface area contributed by atoms with Crippen LogP contribution in [0.3, 0.4) is 0 Å². The Labute approximate surface area is 207 Å². The van der Waals surface area contributed by atoms with Gasteiger partial charge in [0.1, 0.15) is 15.8 Å². The van der Waals surface area contributed by atoms with Gasteiger partial charge in [-0.25, -0.2) is 4.68 Å². The molecule has 1 fully saturated rings. The van der Waals surface area contributed by atoms with Crippen LogP contribution in [-0.2, 0) is 9.59 Å². The average molecular weight is 493 g/mol. The maximum atomic E-state index is 12.8. The van der Waals surface area contributed by atoms with Crippen molar-refractivity contribution in [1.82, 2.24) is 14.7 Å². The zero-order valence-electron chi connectivity index (χ0n) is 18.5. The van der Waals surface area contributed by atoms with Crippen molar-refractivity contribution in [2.45, 2.75) is 19.8 Å². The molecule has 174 valence electrons. The number of rotatable bonds is 9. The number of ether oxygens (including phenoxy) is 1. The van der Waals surface area contributed by atoms with E-state index in [4.69, 9.17) is 22.1 Å². The largest absolute Gasteiger partial charge is 0.548 e. The Balaban J connectivity index is 1.74. The maximum Gasteiger partial charge on any atom is 0.266 e. The topological polar surface area (TPSA) is 87.5 Å². The number of carboxylic acids is 1. The van der Waals surface area contributed by atoms with Gasteiger partial charge >= 0.3 is 0 Å². The Hall–Kier alpha value is -3.43. The Kier molecular flexibility index (Phi) is 7.44. The van der Waals surface area contributed by atoms with Gasteiger partial charge in [0.2, 0.25) is 0 Å². The van der Waals surface area contributed by atoms with Crippen molar-refractivity contribution in [3.05, 3.63) is 71.3 Å². The number of thiocarbonyl (C=S) groups is 1. The summed E-state index contributed by atoms with van der Waals surface area (Å²) in [4.78, 5) is 25.2. The number of carbonyl (C=O) groups is 2. The van der Waals surface area contributed by atoms with Crippen LogP contribution in [0.5, 0.6) is 5.75 Å². The lowest BCUT2D eigenvalue weighted by molar-refractivity contribution is -0.305. The van der Waals surface area contributed by atoms with Crippen LogP contribution >= 0.6 is 24.0 Å². The first-order valence-corrected chi connectivity index (χ1v) is 12.0. The van der Waals surface area contributed by atoms with Crippen LogP contribution in [0.4, 0.5) is 0 Å². The van der Waals surface area contributed by atoms with E-state index in [0.717, 1.165) is 46.5 Å². The van der Waals surface area contributed by atoms with Crippen molar-refractivity contribution in [3.63, 3.8) is 0 Å². The molecule has 0 unspecified atom stereocenters. The van der Waals surface area contributed by atoms with Gasteiger partial charge in [0.25, 0.3) is 5.91 Å². The van der Waals surface area contributed by atoms with Crippen LogP contribution in [0.2, 0.25) is 0 Å². The molecule has 1 aliphatic rings. The number of hydrogen-bond acceptors (Lipinski definition) is 7. The highest BCUT2D eigenvalue weighted by atomic mass is 32.2. The quantitative estimate of drug-likeness (QED) is 0.256. The number of benzene rings is 2. The molecule has 1 aromatic heterocycles. The highest BCUT2D eigenvalue weighted by molar-refractivity contribution is 8.26. The Morgan fingerprint density at radius 3 is 2.74 bits per heavy atom. The Morgan fingerprint density at radius 2 is 2.00 bits per heavy atom. The first-order valence-electron chi connectivity index (χ1n) is 10.8. The third kappa shape index (κ3) is 5.37. The van der Waals surface area contributed by atoms with Crippen molar-refractivity contribution < 1.29 is 19.4 Å². The number of aromatic nitrogens is 2. The second-order valence-corrected chi connectivity index (χ2v) is 9.26. The lowest BCUT2D eigenvalue weighted by Gasteiger charge is -2.14. The van der Waals surface area contributed by atoms with Crippen LogP contribution in [0.15, 0.2) is 65.7 Å². The normalized spacial score (nSPS) is 14.7. The van der Waals surface area contributed by atoms with Gasteiger partial charge in [-0.2, -0.15) is 5.10 Å². The first-order chi connectivity index (χ1) is 16.5. The lowest BCUT2D eigenvalue weighted by Crippen LogP contribution is -2.40. The number of carbonyl (C=O) groups excluding carboxylic acids is 2. The van der Waals surface area contributed by atoms with Crippen molar-refractivity contribution in [1.29, 1.82) is 0 Å². The summed E-state index contributed by atoms with van der Waals surface area (Å²) in [6.45, 7) is 2.17. The van der Waals surface area contributed by atoms with Gasteiger partial charge < -0.3 is 14.6 Å². The van der Waals surface area contributed by atoms with Crippen LogP contribution in [-0.4, -0.2) is 44.0 Å². The molecule has 4 rings (SSSR count). The van der Waals surface area contributed by atoms with Crippen LogP contribution < -0.4 is 9.84 Å². The standard InChI is InChI=1S/C25H23N3O4S2/c1-2-3-12-32-20-11-7-8-17(13-20)23-18(15-28(26-23)19-9-5-4-6-10-19)14-21-24(31)27(16-22(29)30)25(33)34-21/h4-11,13-15H,2-3,12,16H2,1H3,(H,29,30)/p-1/b21-14-. The zero-order chi connectivity index (χ0) is 24.1. The van der Waals surface area contributed by atoms with E-state index in [1.165, 1.54) is 0 Å². The van der Waals surface area contributed by atoms with E-state index in [9.17, 15) is 14.7 Å². The molecule has 0 aliphatic carbocycles. The van der Waals surface area contributed by atoms with Crippen molar-refractivity contribution in [2.75, 3.05) is 13.2 Å². The molecular formula is C25H22N3O4S2-. The molecular weight excluding hydrogens is 470 g/mol. The molecule has 0 spiro atoms. The van der Waals surface area contributed by atoms with Gasteiger partial charge in [0.05, 0.1) is 29.7 Å². The number of thioether (sulfide) groups is 1. The highest BCUT2D eigenvalue weighted by Crippen LogP contribution is 2.35. The Bertz CT molecular complexity index is 1250.